The third kappa shape index (κ3) is 2.56. The minimum absolute atomic E-state index is 0.0245. The Balaban J connectivity index is 1.63. The van der Waals surface area contributed by atoms with Crippen molar-refractivity contribution in [2.24, 2.45) is 0 Å². The van der Waals surface area contributed by atoms with Gasteiger partial charge < -0.3 is 5.32 Å². The molecule has 140 valence electrons. The summed E-state index contributed by atoms with van der Waals surface area (Å²) in [5.74, 6) is 0.300. The van der Waals surface area contributed by atoms with Crippen molar-refractivity contribution in [1.29, 1.82) is 0 Å². The van der Waals surface area contributed by atoms with Crippen LogP contribution in [0.4, 0.5) is 10.3 Å². The monoisotopic (exact) mass is 374 g/mol. The molecular weight excluding hydrogens is 355 g/mol. The number of anilines is 1. The van der Waals surface area contributed by atoms with E-state index in [1.807, 2.05) is 12.1 Å². The number of aryl methyl sites for hydroxylation is 1. The Kier molecular flexibility index (Phi) is 3.86. The maximum absolute atomic E-state index is 14.6. The summed E-state index contributed by atoms with van der Waals surface area (Å²) in [7, 11) is 0. The molecule has 5 rings (SSSR count). The van der Waals surface area contributed by atoms with Gasteiger partial charge in [0.25, 0.3) is 0 Å². The first-order chi connectivity index (χ1) is 13.6. The number of rotatable bonds is 2. The maximum atomic E-state index is 14.6. The van der Waals surface area contributed by atoms with Crippen molar-refractivity contribution in [2.75, 3.05) is 5.32 Å². The normalized spacial score (nSPS) is 21.1. The van der Waals surface area contributed by atoms with Crippen LogP contribution in [0, 0.1) is 12.7 Å². The molecule has 1 N–H and O–H groups in total. The van der Waals surface area contributed by atoms with Crippen molar-refractivity contribution in [3.05, 3.63) is 88.6 Å². The zero-order valence-corrected chi connectivity index (χ0v) is 15.4. The Labute approximate surface area is 161 Å². The molecule has 2 aromatic carbocycles. The molecule has 0 radical (unpaired) electrons. The predicted molar refractivity (Wildman–Crippen MR) is 103 cm³/mol. The van der Waals surface area contributed by atoms with E-state index in [9.17, 15) is 9.18 Å². The molecule has 0 bridgehead atoms. The topological polar surface area (TPSA) is 59.8 Å². The Morgan fingerprint density at radius 1 is 1.07 bits per heavy atom. The highest BCUT2D eigenvalue weighted by atomic mass is 19.1. The van der Waals surface area contributed by atoms with Gasteiger partial charge in [-0.05, 0) is 36.5 Å². The van der Waals surface area contributed by atoms with Crippen LogP contribution < -0.4 is 5.32 Å². The van der Waals surface area contributed by atoms with Crippen molar-refractivity contribution in [3.8, 4) is 0 Å². The summed E-state index contributed by atoms with van der Waals surface area (Å²) in [5.41, 5.74) is 4.20. The van der Waals surface area contributed by atoms with Crippen LogP contribution in [-0.4, -0.2) is 20.5 Å². The molecule has 0 fully saturated rings. The van der Waals surface area contributed by atoms with Gasteiger partial charge in [-0.25, -0.2) is 9.07 Å². The molecule has 5 nitrogen and oxygen atoms in total. The van der Waals surface area contributed by atoms with Crippen molar-refractivity contribution >= 4 is 11.7 Å². The van der Waals surface area contributed by atoms with E-state index >= 15 is 0 Å². The minimum Gasteiger partial charge on any atom is -0.328 e. The van der Waals surface area contributed by atoms with Gasteiger partial charge in [0, 0.05) is 23.3 Å². The second-order valence-corrected chi connectivity index (χ2v) is 7.35. The van der Waals surface area contributed by atoms with Gasteiger partial charge in [-0.1, -0.05) is 42.5 Å². The van der Waals surface area contributed by atoms with Crippen LogP contribution in [0.15, 0.2) is 66.1 Å². The lowest BCUT2D eigenvalue weighted by Crippen LogP contribution is -2.34. The first-order valence-corrected chi connectivity index (χ1v) is 9.36. The van der Waals surface area contributed by atoms with Gasteiger partial charge in [0.15, 0.2) is 5.78 Å². The Morgan fingerprint density at radius 2 is 1.82 bits per heavy atom. The molecule has 28 heavy (non-hydrogen) atoms. The number of benzene rings is 2. The van der Waals surface area contributed by atoms with E-state index < -0.39 is 6.04 Å². The van der Waals surface area contributed by atoms with Crippen LogP contribution in [0.1, 0.15) is 41.5 Å². The number of fused-ring (bicyclic) bond motifs is 1. The van der Waals surface area contributed by atoms with Gasteiger partial charge >= 0.3 is 0 Å². The third-order valence-electron chi connectivity index (χ3n) is 5.69. The molecule has 0 amide bonds. The summed E-state index contributed by atoms with van der Waals surface area (Å²) < 4.78 is 16.2. The van der Waals surface area contributed by atoms with Gasteiger partial charge in [0.1, 0.15) is 18.2 Å². The highest BCUT2D eigenvalue weighted by Crippen LogP contribution is 2.44. The van der Waals surface area contributed by atoms with Crippen LogP contribution in [0.25, 0.3) is 0 Å². The minimum atomic E-state index is -0.597. The number of aromatic nitrogens is 3. The van der Waals surface area contributed by atoms with E-state index in [1.165, 1.54) is 23.5 Å². The summed E-state index contributed by atoms with van der Waals surface area (Å²) >= 11 is 0. The number of hydrogen-bond acceptors (Lipinski definition) is 4. The standard InChI is InChI=1S/C22H19FN4O/c1-13-6-2-3-7-15(13)14-10-18-20(19(28)11-14)21(16-8-4-5-9-17(16)23)27-22(26-18)24-12-25-27/h2-9,12,14,21H,10-11H2,1H3,(H,24,25,26)/t14-,21-/m1/s1. The fraction of sp³-hybridized carbons (Fsp3) is 0.227. The quantitative estimate of drug-likeness (QED) is 0.732. The third-order valence-corrected chi connectivity index (χ3v) is 5.69. The highest BCUT2D eigenvalue weighted by molar-refractivity contribution is 6.00. The molecule has 6 heteroatoms. The molecule has 0 saturated heterocycles. The molecule has 0 spiro atoms. The van der Waals surface area contributed by atoms with Gasteiger partial charge in [0.05, 0.1) is 0 Å². The largest absolute Gasteiger partial charge is 0.328 e. The van der Waals surface area contributed by atoms with E-state index in [0.29, 0.717) is 29.9 Å². The van der Waals surface area contributed by atoms with E-state index in [2.05, 4.69) is 34.5 Å². The van der Waals surface area contributed by atoms with E-state index in [0.717, 1.165) is 5.70 Å². The number of nitrogens with one attached hydrogen (secondary N) is 1. The van der Waals surface area contributed by atoms with Crippen molar-refractivity contribution in [3.63, 3.8) is 0 Å². The predicted octanol–water partition coefficient (Wildman–Crippen LogP) is 4.14. The molecule has 1 aromatic heterocycles. The van der Waals surface area contributed by atoms with Crippen LogP contribution in [0.5, 0.6) is 0 Å². The zero-order chi connectivity index (χ0) is 19.3. The molecule has 0 unspecified atom stereocenters. The van der Waals surface area contributed by atoms with E-state index in [-0.39, 0.29) is 17.5 Å². The SMILES string of the molecule is Cc1ccccc1[C@H]1CC(=O)C2=C(C1)Nc1ncnn1[C@@H]2c1ccccc1F. The number of allylic oxidation sites excluding steroid dienone is 2. The Bertz CT molecular complexity index is 1120. The lowest BCUT2D eigenvalue weighted by Gasteiger charge is -2.35. The van der Waals surface area contributed by atoms with Gasteiger partial charge in [-0.2, -0.15) is 10.1 Å². The number of Topliss-reactive ketones (excluding diaryl/α,β-unsaturated/α-hetero) is 1. The van der Waals surface area contributed by atoms with Crippen molar-refractivity contribution in [2.45, 2.75) is 31.7 Å². The molecule has 2 heterocycles. The summed E-state index contributed by atoms with van der Waals surface area (Å²) in [5, 5.41) is 7.54. The smallest absolute Gasteiger partial charge is 0.226 e. The molecule has 0 saturated carbocycles. The number of carbonyl (C=O) groups is 1. The van der Waals surface area contributed by atoms with Gasteiger partial charge in [0.2, 0.25) is 5.95 Å². The van der Waals surface area contributed by atoms with Gasteiger partial charge in [-0.15, -0.1) is 0 Å². The molecule has 1 aliphatic heterocycles. The average Bonchev–Trinajstić information content (AvgIpc) is 3.15. The lowest BCUT2D eigenvalue weighted by atomic mass is 9.77. The van der Waals surface area contributed by atoms with E-state index in [1.54, 1.807) is 22.9 Å². The van der Waals surface area contributed by atoms with Crippen LogP contribution in [0.2, 0.25) is 0 Å². The van der Waals surface area contributed by atoms with Crippen molar-refractivity contribution < 1.29 is 9.18 Å². The second-order valence-electron chi connectivity index (χ2n) is 7.35. The maximum Gasteiger partial charge on any atom is 0.226 e. The fourth-order valence-corrected chi connectivity index (χ4v) is 4.40. The lowest BCUT2D eigenvalue weighted by molar-refractivity contribution is -0.116. The first-order valence-electron chi connectivity index (χ1n) is 9.36. The number of nitrogens with zero attached hydrogens (tertiary/aromatic N) is 3. The van der Waals surface area contributed by atoms with Gasteiger partial charge in [-0.3, -0.25) is 4.79 Å². The Hall–Kier alpha value is -3.28. The molecule has 1 aliphatic carbocycles. The number of hydrogen-bond donors (Lipinski definition) is 1. The molecular formula is C22H19FN4O. The summed E-state index contributed by atoms with van der Waals surface area (Å²) in [6.45, 7) is 2.07. The van der Waals surface area contributed by atoms with Crippen LogP contribution in [-0.2, 0) is 4.79 Å². The molecule has 3 aromatic rings. The second kappa shape index (κ2) is 6.41. The zero-order valence-electron chi connectivity index (χ0n) is 15.4. The van der Waals surface area contributed by atoms with E-state index in [4.69, 9.17) is 0 Å². The summed E-state index contributed by atoms with van der Waals surface area (Å²) in [4.78, 5) is 17.5. The number of ketones is 1. The van der Waals surface area contributed by atoms with Crippen molar-refractivity contribution in [1.82, 2.24) is 14.8 Å². The molecule has 2 aliphatic rings. The van der Waals surface area contributed by atoms with Crippen LogP contribution in [0.3, 0.4) is 0 Å². The fourth-order valence-electron chi connectivity index (χ4n) is 4.40. The first kappa shape index (κ1) is 16.9. The molecule has 2 atom stereocenters. The number of carbonyl (C=O) groups excluding carboxylic acids is 1. The number of halogens is 1. The highest BCUT2D eigenvalue weighted by Gasteiger charge is 2.40. The van der Waals surface area contributed by atoms with Crippen LogP contribution >= 0.6 is 0 Å². The average molecular weight is 374 g/mol. The summed E-state index contributed by atoms with van der Waals surface area (Å²) in [6.07, 6.45) is 2.52. The Morgan fingerprint density at radius 3 is 2.61 bits per heavy atom. The summed E-state index contributed by atoms with van der Waals surface area (Å²) in [6, 6.07) is 14.1.